The Bertz CT molecular complexity index is 1130. The molecule has 0 radical (unpaired) electrons. The molecule has 2 aromatic rings. The van der Waals surface area contributed by atoms with E-state index in [4.69, 9.17) is 9.47 Å². The summed E-state index contributed by atoms with van der Waals surface area (Å²) in [6.07, 6.45) is -6.77. The van der Waals surface area contributed by atoms with Crippen LogP contribution in [0.2, 0.25) is 0 Å². The highest BCUT2D eigenvalue weighted by Gasteiger charge is 2.44. The normalized spacial score (nSPS) is 16.8. The number of aryl methyl sites for hydroxylation is 1. The molecule has 0 aromatic carbocycles. The summed E-state index contributed by atoms with van der Waals surface area (Å²) in [5, 5.41) is 2.89. The smallest absolute Gasteiger partial charge is 0.461 e. The number of piperazine rings is 1. The van der Waals surface area contributed by atoms with Crippen molar-refractivity contribution >= 4 is 23.0 Å². The maximum atomic E-state index is 12.8. The van der Waals surface area contributed by atoms with E-state index in [9.17, 15) is 22.8 Å². The number of ether oxygens (including phenoxy) is 2. The van der Waals surface area contributed by atoms with Crippen molar-refractivity contribution in [2.75, 3.05) is 24.5 Å². The fourth-order valence-corrected chi connectivity index (χ4v) is 3.24. The van der Waals surface area contributed by atoms with E-state index in [-0.39, 0.29) is 48.7 Å². The zero-order valence-electron chi connectivity index (χ0n) is 18.0. The molecule has 0 amide bonds. The van der Waals surface area contributed by atoms with E-state index < -0.39 is 24.1 Å². The summed E-state index contributed by atoms with van der Waals surface area (Å²) >= 11 is 0. The van der Waals surface area contributed by atoms with Crippen LogP contribution in [-0.4, -0.2) is 63.2 Å². The maximum Gasteiger partial charge on any atom is 0.491 e. The first-order valence-corrected chi connectivity index (χ1v) is 9.83. The number of hydrogen-bond acceptors (Lipinski definition) is 8. The predicted molar refractivity (Wildman–Crippen MR) is 108 cm³/mol. The molecule has 2 aromatic heterocycles. The number of nitrogens with one attached hydrogen (secondary N) is 1. The van der Waals surface area contributed by atoms with Crippen molar-refractivity contribution in [2.45, 2.75) is 45.8 Å². The lowest BCUT2D eigenvalue weighted by molar-refractivity contribution is -0.205. The van der Waals surface area contributed by atoms with Crippen LogP contribution in [0, 0.1) is 11.8 Å². The summed E-state index contributed by atoms with van der Waals surface area (Å²) in [4.78, 5) is 34.4. The van der Waals surface area contributed by atoms with E-state index >= 15 is 0 Å². The van der Waals surface area contributed by atoms with Gasteiger partial charge in [-0.05, 0) is 20.8 Å². The third-order valence-corrected chi connectivity index (χ3v) is 4.63. The highest BCUT2D eigenvalue weighted by atomic mass is 19.4. The van der Waals surface area contributed by atoms with Crippen LogP contribution in [0.5, 0.6) is 6.01 Å². The lowest BCUT2D eigenvalue weighted by Gasteiger charge is -2.36. The zero-order valence-corrected chi connectivity index (χ0v) is 18.0. The van der Waals surface area contributed by atoms with Crippen molar-refractivity contribution in [1.82, 2.24) is 24.4 Å². The van der Waals surface area contributed by atoms with Gasteiger partial charge in [0.1, 0.15) is 5.52 Å². The highest BCUT2D eigenvalue weighted by Crippen LogP contribution is 2.29. The molecule has 1 unspecified atom stereocenters. The minimum atomic E-state index is -5.15. The molecule has 32 heavy (non-hydrogen) atoms. The third kappa shape index (κ3) is 4.64. The van der Waals surface area contributed by atoms with Gasteiger partial charge in [0.2, 0.25) is 0 Å². The van der Waals surface area contributed by atoms with Gasteiger partial charge < -0.3 is 19.7 Å². The van der Waals surface area contributed by atoms with Crippen molar-refractivity contribution in [3.8, 4) is 17.9 Å². The van der Waals surface area contributed by atoms with Crippen molar-refractivity contribution in [3.05, 3.63) is 10.5 Å². The molecule has 1 aliphatic heterocycles. The maximum absolute atomic E-state index is 12.8. The first-order chi connectivity index (χ1) is 15.0. The van der Waals surface area contributed by atoms with Gasteiger partial charge >= 0.3 is 23.8 Å². The number of nitrogens with zero attached hydrogens (tertiary/aromatic N) is 5. The van der Waals surface area contributed by atoms with E-state index in [0.717, 1.165) is 0 Å². The van der Waals surface area contributed by atoms with E-state index in [1.165, 1.54) is 21.1 Å². The van der Waals surface area contributed by atoms with Crippen LogP contribution in [-0.2, 0) is 23.1 Å². The third-order valence-electron chi connectivity index (χ3n) is 4.63. The Balaban J connectivity index is 2.20. The summed E-state index contributed by atoms with van der Waals surface area (Å²) in [5.41, 5.74) is 0.0401. The minimum absolute atomic E-state index is 0.0204. The Morgan fingerprint density at radius 3 is 2.69 bits per heavy atom. The van der Waals surface area contributed by atoms with Gasteiger partial charge in [0.25, 0.3) is 0 Å². The monoisotopic (exact) mass is 456 g/mol. The number of halogens is 3. The van der Waals surface area contributed by atoms with Crippen molar-refractivity contribution in [3.63, 3.8) is 0 Å². The first-order valence-electron chi connectivity index (χ1n) is 9.83. The molecular formula is C19H23F3N6O4. The fraction of sp³-hybridized carbons (Fsp3) is 0.579. The Morgan fingerprint density at radius 1 is 1.34 bits per heavy atom. The highest BCUT2D eigenvalue weighted by molar-refractivity contribution is 5.85. The van der Waals surface area contributed by atoms with Crippen LogP contribution in [0.15, 0.2) is 4.79 Å². The summed E-state index contributed by atoms with van der Waals surface area (Å²) < 4.78 is 51.4. The number of anilines is 1. The minimum Gasteiger partial charge on any atom is -0.461 e. The number of carbonyl (C=O) groups excluding carboxylic acids is 1. The number of rotatable bonds is 5. The number of hydrogen-bond donors (Lipinski definition) is 1. The molecule has 0 bridgehead atoms. The van der Waals surface area contributed by atoms with Crippen LogP contribution in [0.1, 0.15) is 20.8 Å². The number of alkyl halides is 3. The molecule has 0 saturated carbocycles. The van der Waals surface area contributed by atoms with E-state index in [0.29, 0.717) is 6.54 Å². The summed E-state index contributed by atoms with van der Waals surface area (Å²) in [7, 11) is 1.51. The zero-order chi connectivity index (χ0) is 23.6. The molecule has 1 saturated heterocycles. The van der Waals surface area contributed by atoms with Crippen molar-refractivity contribution in [1.29, 1.82) is 0 Å². The number of imidazole rings is 1. The lowest BCUT2D eigenvalue weighted by atomic mass is 10.3. The molecule has 1 aliphatic rings. The average molecular weight is 456 g/mol. The van der Waals surface area contributed by atoms with Gasteiger partial charge in [-0.15, -0.1) is 5.92 Å². The Labute approximate surface area is 181 Å². The summed E-state index contributed by atoms with van der Waals surface area (Å²) in [6, 6.07) is -0.0590. The Morgan fingerprint density at radius 2 is 2.06 bits per heavy atom. The van der Waals surface area contributed by atoms with Gasteiger partial charge in [-0.3, -0.25) is 9.13 Å². The van der Waals surface area contributed by atoms with Crippen LogP contribution < -0.4 is 20.6 Å². The molecule has 13 heteroatoms. The first kappa shape index (κ1) is 23.4. The molecule has 3 heterocycles. The van der Waals surface area contributed by atoms with Gasteiger partial charge in [0.05, 0.1) is 19.2 Å². The van der Waals surface area contributed by atoms with Gasteiger partial charge in [-0.25, -0.2) is 9.59 Å². The number of carbonyl (C=O) groups is 1. The Hall–Kier alpha value is -3.27. The number of aromatic nitrogens is 4. The number of esters is 1. The lowest BCUT2D eigenvalue weighted by Crippen LogP contribution is -2.54. The second kappa shape index (κ2) is 9.07. The van der Waals surface area contributed by atoms with E-state index in [2.05, 4.69) is 27.1 Å². The standard InChI is InChI=1S/C19H23F3N6O4/c1-5-6-8-28-13-14(26(4)18(28)30)24-17(31-11(2)3)25-15(13)27-9-7-23-10-12(27)32-16(29)19(20,21)22/h11-12,23H,7-10H2,1-4H3. The van der Waals surface area contributed by atoms with Crippen LogP contribution >= 0.6 is 0 Å². The van der Waals surface area contributed by atoms with Crippen molar-refractivity contribution < 1.29 is 27.4 Å². The Kier molecular flexibility index (Phi) is 6.63. The molecule has 1 atom stereocenters. The summed E-state index contributed by atoms with van der Waals surface area (Å²) in [6.45, 7) is 5.63. The van der Waals surface area contributed by atoms with Crippen LogP contribution in [0.4, 0.5) is 19.0 Å². The van der Waals surface area contributed by atoms with Gasteiger partial charge in [0.15, 0.2) is 17.7 Å². The van der Waals surface area contributed by atoms with Crippen LogP contribution in [0.3, 0.4) is 0 Å². The van der Waals surface area contributed by atoms with Gasteiger partial charge in [-0.2, -0.15) is 23.1 Å². The second-order valence-corrected chi connectivity index (χ2v) is 7.28. The topological polar surface area (TPSA) is 104 Å². The molecule has 3 rings (SSSR count). The van der Waals surface area contributed by atoms with E-state index in [1.807, 2.05) is 0 Å². The number of fused-ring (bicyclic) bond motifs is 1. The molecule has 10 nitrogen and oxygen atoms in total. The molecule has 1 fully saturated rings. The molecule has 1 N–H and O–H groups in total. The van der Waals surface area contributed by atoms with E-state index in [1.54, 1.807) is 20.8 Å². The van der Waals surface area contributed by atoms with Gasteiger partial charge in [0, 0.05) is 20.1 Å². The summed E-state index contributed by atoms with van der Waals surface area (Å²) in [5.74, 6) is 3.30. The molecule has 0 spiro atoms. The SMILES string of the molecule is CC#CCn1c(=O)n(C)c2nc(OC(C)C)nc(N3CCNCC3OC(=O)C(F)(F)F)c21. The molecular weight excluding hydrogens is 433 g/mol. The second-order valence-electron chi connectivity index (χ2n) is 7.28. The molecule has 0 aliphatic carbocycles. The quantitative estimate of drug-likeness (QED) is 0.520. The predicted octanol–water partition coefficient (Wildman–Crippen LogP) is 0.782. The molecule has 174 valence electrons. The average Bonchev–Trinajstić information content (AvgIpc) is 2.95. The van der Waals surface area contributed by atoms with Crippen molar-refractivity contribution in [2.24, 2.45) is 7.05 Å². The fourth-order valence-electron chi connectivity index (χ4n) is 3.24. The van der Waals surface area contributed by atoms with Crippen LogP contribution in [0.25, 0.3) is 11.2 Å². The van der Waals surface area contributed by atoms with Gasteiger partial charge in [-0.1, -0.05) is 5.92 Å². The largest absolute Gasteiger partial charge is 0.491 e.